The molecule has 3 rings (SSSR count). The van der Waals surface area contributed by atoms with Crippen LogP contribution in [0.4, 0.5) is 0 Å². The van der Waals surface area contributed by atoms with Crippen molar-refractivity contribution in [3.63, 3.8) is 0 Å². The molecule has 0 N–H and O–H groups in total. The normalized spacial score (nSPS) is 15.0. The van der Waals surface area contributed by atoms with Crippen molar-refractivity contribution in [2.45, 2.75) is 64.7 Å². The lowest BCUT2D eigenvalue weighted by atomic mass is 9.76. The highest BCUT2D eigenvalue weighted by Gasteiger charge is 2.28. The van der Waals surface area contributed by atoms with Gasteiger partial charge in [0.1, 0.15) is 0 Å². The summed E-state index contributed by atoms with van der Waals surface area (Å²) in [5.74, 6) is 0.525. The number of benzene rings is 2. The molecule has 0 unspecified atom stereocenters. The minimum absolute atomic E-state index is 0.261. The van der Waals surface area contributed by atoms with E-state index in [1.807, 2.05) is 18.2 Å². The van der Waals surface area contributed by atoms with Crippen LogP contribution in [-0.2, 0) is 9.31 Å². The topological polar surface area (TPSA) is 18.5 Å². The Morgan fingerprint density at radius 1 is 0.767 bits per heavy atom. The van der Waals surface area contributed by atoms with Crippen LogP contribution >= 0.6 is 23.2 Å². The molecule has 1 aliphatic rings. The first-order valence-electron chi connectivity index (χ1n) is 11.5. The fourth-order valence-electron chi connectivity index (χ4n) is 3.98. The van der Waals surface area contributed by atoms with Gasteiger partial charge in [-0.1, -0.05) is 112 Å². The zero-order chi connectivity index (χ0) is 21.2. The molecule has 162 valence electrons. The largest absolute Gasteiger partial charge is 0.493 e. The van der Waals surface area contributed by atoms with Crippen molar-refractivity contribution in [1.82, 2.24) is 0 Å². The number of hydrogen-bond acceptors (Lipinski definition) is 2. The minimum Gasteiger partial charge on any atom is -0.407 e. The SMILES string of the molecule is CCCCCCCCCCC1COB(c2ccc(-c3ccc(Cl)c(Cl)c3)cc2)OC1. The standard InChI is InChI=1S/C25H33BCl2O2/c1-2-3-4-5-6-7-8-9-10-20-18-29-26(30-19-20)23-14-11-21(12-15-23)22-13-16-24(27)25(28)17-22/h11-17,20H,2-10,18-19H2,1H3. The summed E-state index contributed by atoms with van der Waals surface area (Å²) >= 11 is 12.1. The Bertz CT molecular complexity index is 758. The molecule has 0 saturated carbocycles. The second-order valence-electron chi connectivity index (χ2n) is 8.38. The predicted molar refractivity (Wildman–Crippen MR) is 130 cm³/mol. The van der Waals surface area contributed by atoms with E-state index in [1.165, 1.54) is 57.8 Å². The van der Waals surface area contributed by atoms with Gasteiger partial charge in [-0.3, -0.25) is 0 Å². The van der Waals surface area contributed by atoms with Crippen LogP contribution in [-0.4, -0.2) is 20.3 Å². The van der Waals surface area contributed by atoms with Gasteiger partial charge in [0.05, 0.1) is 10.0 Å². The van der Waals surface area contributed by atoms with Gasteiger partial charge in [-0.15, -0.1) is 0 Å². The smallest absolute Gasteiger partial charge is 0.407 e. The van der Waals surface area contributed by atoms with Gasteiger partial charge < -0.3 is 9.31 Å². The average Bonchev–Trinajstić information content (AvgIpc) is 2.78. The van der Waals surface area contributed by atoms with Crippen LogP contribution in [0, 0.1) is 5.92 Å². The molecule has 0 atom stereocenters. The molecule has 0 aliphatic carbocycles. The average molecular weight is 447 g/mol. The fraction of sp³-hybridized carbons (Fsp3) is 0.520. The summed E-state index contributed by atoms with van der Waals surface area (Å²) in [4.78, 5) is 0. The summed E-state index contributed by atoms with van der Waals surface area (Å²) in [7, 11) is -0.261. The zero-order valence-corrected chi connectivity index (χ0v) is 19.6. The van der Waals surface area contributed by atoms with Crippen LogP contribution in [0.3, 0.4) is 0 Å². The first kappa shape index (κ1) is 23.7. The number of unbranched alkanes of at least 4 members (excludes halogenated alkanes) is 7. The number of hydrogen-bond donors (Lipinski definition) is 0. The molecule has 1 aliphatic heterocycles. The van der Waals surface area contributed by atoms with Gasteiger partial charge in [-0.05, 0) is 35.1 Å². The fourth-order valence-corrected chi connectivity index (χ4v) is 4.28. The van der Waals surface area contributed by atoms with E-state index in [2.05, 4.69) is 31.2 Å². The molecule has 5 heteroatoms. The highest BCUT2D eigenvalue weighted by Crippen LogP contribution is 2.28. The molecule has 0 bridgehead atoms. The molecular formula is C25H33BCl2O2. The maximum Gasteiger partial charge on any atom is 0.493 e. The first-order chi connectivity index (χ1) is 14.7. The molecule has 0 amide bonds. The Labute approximate surface area is 192 Å². The van der Waals surface area contributed by atoms with Gasteiger partial charge in [0.15, 0.2) is 0 Å². The Morgan fingerprint density at radius 2 is 1.37 bits per heavy atom. The molecule has 1 saturated heterocycles. The van der Waals surface area contributed by atoms with Crippen molar-refractivity contribution < 1.29 is 9.31 Å². The molecular weight excluding hydrogens is 414 g/mol. The lowest BCUT2D eigenvalue weighted by Gasteiger charge is -2.27. The summed E-state index contributed by atoms with van der Waals surface area (Å²) in [6, 6.07) is 14.0. The lowest BCUT2D eigenvalue weighted by Crippen LogP contribution is -2.44. The molecule has 2 aromatic rings. The summed E-state index contributed by atoms with van der Waals surface area (Å²) < 4.78 is 12.0. The van der Waals surface area contributed by atoms with Crippen LogP contribution in [0.25, 0.3) is 11.1 Å². The van der Waals surface area contributed by atoms with Gasteiger partial charge >= 0.3 is 7.12 Å². The van der Waals surface area contributed by atoms with E-state index >= 15 is 0 Å². The molecule has 0 spiro atoms. The third-order valence-corrected chi connectivity index (χ3v) is 6.61. The Balaban J connectivity index is 1.37. The summed E-state index contributed by atoms with van der Waals surface area (Å²) in [5.41, 5.74) is 3.21. The Kier molecular flexibility index (Phi) is 10.1. The molecule has 0 radical (unpaired) electrons. The summed E-state index contributed by atoms with van der Waals surface area (Å²) in [6.07, 6.45) is 12.1. The summed E-state index contributed by atoms with van der Waals surface area (Å²) in [5, 5.41) is 1.14. The molecule has 1 heterocycles. The van der Waals surface area contributed by atoms with Crippen LogP contribution in [0.2, 0.25) is 10.0 Å². The van der Waals surface area contributed by atoms with Crippen molar-refractivity contribution in [1.29, 1.82) is 0 Å². The highest BCUT2D eigenvalue weighted by atomic mass is 35.5. The Hall–Kier alpha value is -0.995. The second-order valence-corrected chi connectivity index (χ2v) is 9.19. The third kappa shape index (κ3) is 7.30. The van der Waals surface area contributed by atoms with Crippen LogP contribution in [0.5, 0.6) is 0 Å². The van der Waals surface area contributed by atoms with Crippen LogP contribution in [0.1, 0.15) is 64.7 Å². The molecule has 1 fully saturated rings. The zero-order valence-electron chi connectivity index (χ0n) is 18.0. The van der Waals surface area contributed by atoms with E-state index in [-0.39, 0.29) is 7.12 Å². The monoisotopic (exact) mass is 446 g/mol. The van der Waals surface area contributed by atoms with E-state index in [0.29, 0.717) is 16.0 Å². The van der Waals surface area contributed by atoms with Crippen molar-refractivity contribution >= 4 is 35.8 Å². The quantitative estimate of drug-likeness (QED) is 0.262. The maximum atomic E-state index is 6.14. The van der Waals surface area contributed by atoms with Crippen LogP contribution in [0.15, 0.2) is 42.5 Å². The maximum absolute atomic E-state index is 6.14. The third-order valence-electron chi connectivity index (χ3n) is 5.87. The number of halogens is 2. The first-order valence-corrected chi connectivity index (χ1v) is 12.2. The molecule has 0 aromatic heterocycles. The van der Waals surface area contributed by atoms with Crippen molar-refractivity contribution in [3.05, 3.63) is 52.5 Å². The summed E-state index contributed by atoms with van der Waals surface area (Å²) in [6.45, 7) is 3.84. The highest BCUT2D eigenvalue weighted by molar-refractivity contribution is 6.61. The van der Waals surface area contributed by atoms with E-state index in [0.717, 1.165) is 29.8 Å². The van der Waals surface area contributed by atoms with Crippen molar-refractivity contribution in [2.75, 3.05) is 13.2 Å². The van der Waals surface area contributed by atoms with Gasteiger partial charge in [0.2, 0.25) is 0 Å². The van der Waals surface area contributed by atoms with Gasteiger partial charge in [0, 0.05) is 19.1 Å². The van der Waals surface area contributed by atoms with Gasteiger partial charge in [-0.2, -0.15) is 0 Å². The van der Waals surface area contributed by atoms with Crippen molar-refractivity contribution in [3.8, 4) is 11.1 Å². The van der Waals surface area contributed by atoms with Crippen molar-refractivity contribution in [2.24, 2.45) is 5.92 Å². The molecule has 30 heavy (non-hydrogen) atoms. The Morgan fingerprint density at radius 3 is 2.00 bits per heavy atom. The number of rotatable bonds is 11. The van der Waals surface area contributed by atoms with Gasteiger partial charge in [-0.25, -0.2) is 0 Å². The van der Waals surface area contributed by atoms with E-state index < -0.39 is 0 Å². The van der Waals surface area contributed by atoms with E-state index in [4.69, 9.17) is 32.5 Å². The van der Waals surface area contributed by atoms with E-state index in [1.54, 1.807) is 0 Å². The molecule has 2 nitrogen and oxygen atoms in total. The second kappa shape index (κ2) is 12.8. The molecule has 2 aromatic carbocycles. The lowest BCUT2D eigenvalue weighted by molar-refractivity contribution is 0.0810. The minimum atomic E-state index is -0.261. The van der Waals surface area contributed by atoms with E-state index in [9.17, 15) is 0 Å². The predicted octanol–water partition coefficient (Wildman–Crippen LogP) is 7.55. The van der Waals surface area contributed by atoms with Crippen LogP contribution < -0.4 is 5.46 Å². The van der Waals surface area contributed by atoms with Gasteiger partial charge in [0.25, 0.3) is 0 Å².